The number of nitrogens with one attached hydrogen (secondary N) is 3. The van der Waals surface area contributed by atoms with Crippen molar-refractivity contribution < 1.29 is 38.4 Å². The maximum atomic E-state index is 12.7. The number of nitriles is 2. The number of anilines is 2. The van der Waals surface area contributed by atoms with E-state index in [-0.39, 0.29) is 24.1 Å². The number of carboxylic acid groups (broad SMARTS) is 1. The summed E-state index contributed by atoms with van der Waals surface area (Å²) in [4.78, 5) is 51.9. The fourth-order valence-corrected chi connectivity index (χ4v) is 9.55. The molecule has 4 aromatic heterocycles. The lowest BCUT2D eigenvalue weighted by Crippen LogP contribution is -2.36. The quantitative estimate of drug-likeness (QED) is 0.0582. The van der Waals surface area contributed by atoms with E-state index >= 15 is 0 Å². The van der Waals surface area contributed by atoms with Crippen molar-refractivity contribution in [2.75, 3.05) is 78.2 Å². The van der Waals surface area contributed by atoms with E-state index in [0.717, 1.165) is 48.4 Å². The van der Waals surface area contributed by atoms with Gasteiger partial charge in [0.25, 0.3) is 0 Å². The van der Waals surface area contributed by atoms with Gasteiger partial charge in [0.2, 0.25) is 5.91 Å². The second-order valence-corrected chi connectivity index (χ2v) is 22.4. The number of amides is 2. The number of aromatic amines is 1. The number of benzene rings is 3. The lowest BCUT2D eigenvalue weighted by Gasteiger charge is -2.24. The van der Waals surface area contributed by atoms with Crippen LogP contribution in [0.1, 0.15) is 74.3 Å². The van der Waals surface area contributed by atoms with Crippen molar-refractivity contribution in [3.05, 3.63) is 137 Å². The molecule has 4 N–H and O–H groups in total. The Labute approximate surface area is 495 Å². The van der Waals surface area contributed by atoms with Gasteiger partial charge >= 0.3 is 12.1 Å². The Kier molecular flexibility index (Phi) is 20.4. The van der Waals surface area contributed by atoms with E-state index < -0.39 is 11.6 Å². The van der Waals surface area contributed by atoms with Crippen LogP contribution in [0.5, 0.6) is 28.7 Å². The van der Waals surface area contributed by atoms with Gasteiger partial charge < -0.3 is 49.4 Å². The van der Waals surface area contributed by atoms with Crippen molar-refractivity contribution in [1.82, 2.24) is 49.5 Å². The van der Waals surface area contributed by atoms with Crippen LogP contribution >= 0.6 is 0 Å². The zero-order chi connectivity index (χ0) is 60.8. The lowest BCUT2D eigenvalue weighted by molar-refractivity contribution is -0.131. The molecule has 0 radical (unpaired) electrons. The zero-order valence-electron chi connectivity index (χ0n) is 49.6. The number of fused-ring (bicyclic) bond motifs is 2. The summed E-state index contributed by atoms with van der Waals surface area (Å²) in [5, 5.41) is 48.1. The highest BCUT2D eigenvalue weighted by Gasteiger charge is 2.32. The summed E-state index contributed by atoms with van der Waals surface area (Å²) < 4.78 is 25.1. The number of pyridine rings is 2. The minimum atomic E-state index is -0.866. The number of methoxy groups -OCH3 is 1. The SMILES string of the molecule is CN(C/C=C/C(=O)O)C1CC1.COc1ccc(Cn2nc(N[C@@H]3CCN(C(=O)OC(C)(C)C)C3)c3c(Oc4ccc(C)cc4C#N)ccnc32)cc1.Cc1ccc(Oc2ccnc3[nH]nc(N[C@@H]4CCN(C(=O)/C=C/CN(C)C)C4)c23)c(C#N)c1. The number of hydrogen-bond donors (Lipinski definition) is 4. The van der Waals surface area contributed by atoms with Crippen molar-refractivity contribution in [1.29, 1.82) is 10.5 Å². The molecular weight excluding hydrogens is 1080 g/mol. The van der Waals surface area contributed by atoms with Crippen molar-refractivity contribution >= 4 is 51.7 Å². The molecule has 444 valence electrons. The first kappa shape index (κ1) is 61.6. The summed E-state index contributed by atoms with van der Waals surface area (Å²) in [6.07, 6.45) is 13.4. The Morgan fingerprint density at radius 3 is 1.93 bits per heavy atom. The maximum Gasteiger partial charge on any atom is 0.410 e. The van der Waals surface area contributed by atoms with Crippen LogP contribution in [-0.2, 0) is 20.9 Å². The molecule has 22 nitrogen and oxygen atoms in total. The largest absolute Gasteiger partial charge is 0.497 e. The highest BCUT2D eigenvalue weighted by Crippen LogP contribution is 2.38. The molecule has 2 aliphatic heterocycles. The van der Waals surface area contributed by atoms with Crippen molar-refractivity contribution in [2.45, 2.75) is 90.6 Å². The summed E-state index contributed by atoms with van der Waals surface area (Å²) in [5.74, 6) is 3.14. The number of carbonyl (C=O) groups excluding carboxylic acids is 2. The van der Waals surface area contributed by atoms with Gasteiger partial charge in [0.1, 0.15) is 57.3 Å². The van der Waals surface area contributed by atoms with Crippen LogP contribution < -0.4 is 24.8 Å². The molecule has 2 atom stereocenters. The summed E-state index contributed by atoms with van der Waals surface area (Å²) in [5.41, 5.74) is 4.54. The molecule has 0 spiro atoms. The Morgan fingerprint density at radius 2 is 1.34 bits per heavy atom. The average molecular weight is 1160 g/mol. The summed E-state index contributed by atoms with van der Waals surface area (Å²) in [6, 6.07) is 27.4. The van der Waals surface area contributed by atoms with Gasteiger partial charge in [-0.2, -0.15) is 20.7 Å². The zero-order valence-corrected chi connectivity index (χ0v) is 49.6. The third-order valence-electron chi connectivity index (χ3n) is 14.0. The number of carbonyl (C=O) groups is 3. The van der Waals surface area contributed by atoms with Crippen LogP contribution in [0.4, 0.5) is 16.4 Å². The molecule has 3 fully saturated rings. The first-order valence-electron chi connectivity index (χ1n) is 28.2. The van der Waals surface area contributed by atoms with Crippen LogP contribution in [0.3, 0.4) is 0 Å². The number of aliphatic carboxylic acids is 1. The van der Waals surface area contributed by atoms with Gasteiger partial charge in [0.15, 0.2) is 22.9 Å². The molecule has 85 heavy (non-hydrogen) atoms. The number of rotatable bonds is 18. The summed E-state index contributed by atoms with van der Waals surface area (Å²) in [7, 11) is 7.58. The number of carboxylic acids is 1. The normalized spacial score (nSPS) is 15.8. The number of aryl methyl sites for hydroxylation is 2. The minimum absolute atomic E-state index is 0.0159. The smallest absolute Gasteiger partial charge is 0.410 e. The molecule has 10 rings (SSSR count). The molecule has 22 heteroatoms. The van der Waals surface area contributed by atoms with E-state index in [1.54, 1.807) is 73.0 Å². The molecule has 1 saturated carbocycles. The summed E-state index contributed by atoms with van der Waals surface area (Å²) >= 11 is 0. The van der Waals surface area contributed by atoms with Crippen molar-refractivity contribution in [3.63, 3.8) is 0 Å². The highest BCUT2D eigenvalue weighted by atomic mass is 16.6. The Hall–Kier alpha value is -9.51. The predicted octanol–water partition coefficient (Wildman–Crippen LogP) is 9.66. The van der Waals surface area contributed by atoms with E-state index in [0.29, 0.717) is 107 Å². The topological polar surface area (TPSA) is 265 Å². The molecule has 0 unspecified atom stereocenters. The number of likely N-dealkylation sites (tertiary alicyclic amines) is 2. The van der Waals surface area contributed by atoms with Gasteiger partial charge in [-0.3, -0.25) is 14.8 Å². The second kappa shape index (κ2) is 28.2. The third-order valence-corrected chi connectivity index (χ3v) is 14.0. The number of H-pyrrole nitrogens is 1. The average Bonchev–Trinajstić information content (AvgIpc) is 2.14. The van der Waals surface area contributed by atoms with Crippen LogP contribution in [0.25, 0.3) is 22.1 Å². The Morgan fingerprint density at radius 1 is 0.753 bits per heavy atom. The molecule has 2 amide bonds. The van der Waals surface area contributed by atoms with E-state index in [4.69, 9.17) is 29.2 Å². The molecule has 7 aromatic rings. The van der Waals surface area contributed by atoms with Gasteiger partial charge in [0.05, 0.1) is 24.8 Å². The summed E-state index contributed by atoms with van der Waals surface area (Å²) in [6.45, 7) is 13.7. The molecular formula is C63H74N14O8. The molecule has 6 heterocycles. The van der Waals surface area contributed by atoms with Crippen LogP contribution in [0, 0.1) is 36.5 Å². The van der Waals surface area contributed by atoms with Gasteiger partial charge in [-0.15, -0.1) is 0 Å². The Bertz CT molecular complexity index is 3630. The van der Waals surface area contributed by atoms with E-state index in [1.165, 1.54) is 18.9 Å². The van der Waals surface area contributed by atoms with E-state index in [2.05, 4.69) is 47.8 Å². The highest BCUT2D eigenvalue weighted by molar-refractivity contribution is 5.94. The molecule has 1 aliphatic carbocycles. The van der Waals surface area contributed by atoms with Crippen LogP contribution in [0.15, 0.2) is 109 Å². The number of likely N-dealkylation sites (N-methyl/N-ethyl adjacent to an activating group) is 2. The monoisotopic (exact) mass is 1150 g/mol. The van der Waals surface area contributed by atoms with Crippen molar-refractivity contribution in [3.8, 4) is 40.9 Å². The molecule has 3 aromatic carbocycles. The van der Waals surface area contributed by atoms with Gasteiger partial charge in [-0.25, -0.2) is 24.2 Å². The third kappa shape index (κ3) is 17.1. The first-order valence-corrected chi connectivity index (χ1v) is 28.2. The second-order valence-electron chi connectivity index (χ2n) is 22.4. The lowest BCUT2D eigenvalue weighted by atomic mass is 10.1. The number of hydrogen-bond acceptors (Lipinski definition) is 17. The van der Waals surface area contributed by atoms with E-state index in [9.17, 15) is 24.9 Å². The van der Waals surface area contributed by atoms with Gasteiger partial charge in [-0.1, -0.05) is 36.4 Å². The number of nitrogens with zero attached hydrogens (tertiary/aromatic N) is 11. The van der Waals surface area contributed by atoms with Crippen molar-refractivity contribution in [2.24, 2.45) is 0 Å². The number of ether oxygens (including phenoxy) is 4. The molecule has 3 aliphatic rings. The predicted molar refractivity (Wildman–Crippen MR) is 324 cm³/mol. The maximum absolute atomic E-state index is 12.7. The van der Waals surface area contributed by atoms with E-state index in [1.807, 2.05) is 113 Å². The number of aromatic nitrogens is 6. The molecule has 2 saturated heterocycles. The standard InChI is InChI=1S/C31H34N6O4.C24H27N7O2.C8H13NO2/c1-20-6-11-25(22(16-20)17-32)40-26-12-14-33-29-27(26)28(35-37(29)18-21-7-9-24(39-5)10-8-21)34-23-13-15-36(19-23)30(38)41-31(2,3)4;1-16-6-7-19(17(13-16)14-25)33-20-8-10-26-23-22(20)24(29-28-23)27-18-9-12-31(15-18)21(32)5-4-11-30(2)3;1-9(7-4-5-7)6-2-3-8(10)11/h6-12,14,16,23H,13,15,18-19H2,1-5H3,(H,34,35);4-8,10,13,18H,9,11-12,15H2,1-3H3,(H2,26,27,28,29);2-3,7H,4-6H2,1H3,(H,10,11)/b;5-4+;3-2+/t23-;18-;/m11./s1. The fraction of sp³-hybridized carbons (Fsp3) is 0.381. The molecule has 0 bridgehead atoms. The van der Waals surface area contributed by atoms with Gasteiger partial charge in [-0.05, 0) is 135 Å². The Balaban J connectivity index is 0.000000191. The van der Waals surface area contributed by atoms with Gasteiger partial charge in [0, 0.05) is 94.1 Å². The van der Waals surface area contributed by atoms with Crippen LogP contribution in [-0.4, -0.2) is 164 Å². The fourth-order valence-electron chi connectivity index (χ4n) is 9.55. The van der Waals surface area contributed by atoms with Crippen LogP contribution in [0.2, 0.25) is 0 Å². The first-order chi connectivity index (χ1) is 40.8. The minimum Gasteiger partial charge on any atom is -0.497 e.